The van der Waals surface area contributed by atoms with Crippen LogP contribution in [0.2, 0.25) is 0 Å². The molecule has 2 aromatic rings. The van der Waals surface area contributed by atoms with Crippen molar-refractivity contribution in [1.82, 2.24) is 19.6 Å². The summed E-state index contributed by atoms with van der Waals surface area (Å²) in [7, 11) is 1.87. The van der Waals surface area contributed by atoms with Crippen LogP contribution in [0.3, 0.4) is 0 Å². The molecule has 5 nitrogen and oxygen atoms in total. The van der Waals surface area contributed by atoms with Gasteiger partial charge in [0.05, 0.1) is 6.54 Å². The molecule has 0 fully saturated rings. The third-order valence-electron chi connectivity index (χ3n) is 2.24. The van der Waals surface area contributed by atoms with E-state index in [0.29, 0.717) is 6.54 Å². The molecule has 0 aromatic carbocycles. The molecule has 0 radical (unpaired) electrons. The van der Waals surface area contributed by atoms with Crippen molar-refractivity contribution in [3.63, 3.8) is 0 Å². The molecule has 0 spiro atoms. The third-order valence-corrected chi connectivity index (χ3v) is 2.24. The number of rotatable bonds is 4. The summed E-state index contributed by atoms with van der Waals surface area (Å²) >= 11 is 0. The first-order chi connectivity index (χ1) is 7.28. The minimum atomic E-state index is 0.690. The lowest BCUT2D eigenvalue weighted by molar-refractivity contribution is 0.709. The highest BCUT2D eigenvalue weighted by Gasteiger charge is 2.00. The fraction of sp³-hybridized carbons (Fsp3) is 0.400. The molecule has 80 valence electrons. The van der Waals surface area contributed by atoms with Gasteiger partial charge >= 0.3 is 0 Å². The van der Waals surface area contributed by atoms with Crippen LogP contribution in [0, 0.1) is 0 Å². The maximum absolute atomic E-state index is 5.49. The predicted octanol–water partition coefficient (Wildman–Crippen LogP) is 0.166. The molecule has 0 amide bonds. The first kappa shape index (κ1) is 9.92. The Hall–Kier alpha value is -1.62. The van der Waals surface area contributed by atoms with Crippen molar-refractivity contribution >= 4 is 0 Å². The quantitative estimate of drug-likeness (QED) is 0.773. The Kier molecular flexibility index (Phi) is 2.82. The fourth-order valence-corrected chi connectivity index (χ4v) is 1.56. The lowest BCUT2D eigenvalue weighted by Gasteiger charge is -1.97. The van der Waals surface area contributed by atoms with Crippen LogP contribution >= 0.6 is 0 Å². The second-order valence-corrected chi connectivity index (χ2v) is 3.61. The summed E-state index contributed by atoms with van der Waals surface area (Å²) in [4.78, 5) is 0. The number of hydrogen-bond donors (Lipinski definition) is 1. The van der Waals surface area contributed by atoms with Crippen molar-refractivity contribution < 1.29 is 0 Å². The van der Waals surface area contributed by atoms with Gasteiger partial charge in [-0.2, -0.15) is 0 Å². The Morgan fingerprint density at radius 1 is 1.40 bits per heavy atom. The Morgan fingerprint density at radius 3 is 2.93 bits per heavy atom. The van der Waals surface area contributed by atoms with Gasteiger partial charge in [0.25, 0.3) is 0 Å². The van der Waals surface area contributed by atoms with E-state index < -0.39 is 0 Å². The van der Waals surface area contributed by atoms with Crippen molar-refractivity contribution in [2.24, 2.45) is 12.8 Å². The van der Waals surface area contributed by atoms with Gasteiger partial charge in [-0.1, -0.05) is 5.21 Å². The largest absolute Gasteiger partial charge is 0.348 e. The van der Waals surface area contributed by atoms with Gasteiger partial charge in [-0.25, -0.2) is 0 Å². The normalized spacial score (nSPS) is 10.8. The fourth-order valence-electron chi connectivity index (χ4n) is 1.56. The van der Waals surface area contributed by atoms with Crippen molar-refractivity contribution in [2.45, 2.75) is 13.0 Å². The molecular formula is C10H15N5. The predicted molar refractivity (Wildman–Crippen MR) is 57.3 cm³/mol. The Bertz CT molecular complexity index is 428. The van der Waals surface area contributed by atoms with Crippen molar-refractivity contribution in [1.29, 1.82) is 0 Å². The summed E-state index contributed by atoms with van der Waals surface area (Å²) in [6, 6.07) is 2.09. The van der Waals surface area contributed by atoms with E-state index in [1.54, 1.807) is 4.68 Å². The molecule has 2 aromatic heterocycles. The molecular weight excluding hydrogens is 190 g/mol. The van der Waals surface area contributed by atoms with E-state index in [9.17, 15) is 0 Å². The van der Waals surface area contributed by atoms with Gasteiger partial charge in [-0.05, 0) is 24.6 Å². The molecule has 0 saturated carbocycles. The van der Waals surface area contributed by atoms with E-state index in [0.717, 1.165) is 18.7 Å². The van der Waals surface area contributed by atoms with E-state index in [4.69, 9.17) is 5.73 Å². The van der Waals surface area contributed by atoms with Gasteiger partial charge in [-0.3, -0.25) is 4.68 Å². The molecule has 15 heavy (non-hydrogen) atoms. The molecule has 2 N–H and O–H groups in total. The second kappa shape index (κ2) is 4.27. The molecule has 0 aliphatic carbocycles. The van der Waals surface area contributed by atoms with Crippen molar-refractivity contribution in [3.05, 3.63) is 35.9 Å². The number of nitrogens with zero attached hydrogens (tertiary/aromatic N) is 4. The highest BCUT2D eigenvalue weighted by Crippen LogP contribution is 2.04. The van der Waals surface area contributed by atoms with Crippen LogP contribution in [0.15, 0.2) is 24.7 Å². The molecule has 0 aliphatic rings. The minimum absolute atomic E-state index is 0.690. The number of hydrogen-bond acceptors (Lipinski definition) is 3. The second-order valence-electron chi connectivity index (χ2n) is 3.61. The Balaban J connectivity index is 2.04. The monoisotopic (exact) mass is 205 g/mol. The van der Waals surface area contributed by atoms with Gasteiger partial charge in [0.1, 0.15) is 5.69 Å². The van der Waals surface area contributed by atoms with Crippen LogP contribution in [0.1, 0.15) is 11.3 Å². The standard InChI is InChI=1S/C10H15N5/c1-14-7-10(12-13-14)8-15-5-3-9(6-15)2-4-11/h3,5-7H,2,4,8,11H2,1H3. The van der Waals surface area contributed by atoms with Crippen LogP contribution in [0.4, 0.5) is 0 Å². The molecule has 5 heteroatoms. The Labute approximate surface area is 88.5 Å². The van der Waals surface area contributed by atoms with E-state index >= 15 is 0 Å². The summed E-state index contributed by atoms with van der Waals surface area (Å²) in [5.41, 5.74) is 7.72. The lowest BCUT2D eigenvalue weighted by Crippen LogP contribution is -2.02. The lowest BCUT2D eigenvalue weighted by atomic mass is 10.2. The molecule has 0 unspecified atom stereocenters. The highest BCUT2D eigenvalue weighted by atomic mass is 15.4. The van der Waals surface area contributed by atoms with E-state index in [2.05, 4.69) is 27.1 Å². The summed E-state index contributed by atoms with van der Waals surface area (Å²) < 4.78 is 3.80. The highest BCUT2D eigenvalue weighted by molar-refractivity contribution is 5.12. The first-order valence-corrected chi connectivity index (χ1v) is 4.98. The van der Waals surface area contributed by atoms with Gasteiger partial charge < -0.3 is 10.3 Å². The van der Waals surface area contributed by atoms with Gasteiger partial charge in [-0.15, -0.1) is 5.10 Å². The van der Waals surface area contributed by atoms with Crippen molar-refractivity contribution in [3.8, 4) is 0 Å². The maximum atomic E-state index is 5.49. The Morgan fingerprint density at radius 2 is 2.27 bits per heavy atom. The van der Waals surface area contributed by atoms with Crippen LogP contribution in [0.5, 0.6) is 0 Å². The molecule has 2 heterocycles. The third kappa shape index (κ3) is 2.44. The molecule has 2 rings (SSSR count). The van der Waals surface area contributed by atoms with Crippen molar-refractivity contribution in [2.75, 3.05) is 6.54 Å². The topological polar surface area (TPSA) is 61.7 Å². The molecule has 0 atom stereocenters. The summed E-state index contributed by atoms with van der Waals surface area (Å²) in [5.74, 6) is 0. The molecule has 0 aliphatic heterocycles. The van der Waals surface area contributed by atoms with E-state index in [-0.39, 0.29) is 0 Å². The van der Waals surface area contributed by atoms with Gasteiger partial charge in [0.15, 0.2) is 0 Å². The number of aryl methyl sites for hydroxylation is 1. The van der Waals surface area contributed by atoms with Crippen LogP contribution in [-0.2, 0) is 20.0 Å². The van der Waals surface area contributed by atoms with Gasteiger partial charge in [0, 0.05) is 25.6 Å². The zero-order valence-electron chi connectivity index (χ0n) is 8.80. The molecule has 0 saturated heterocycles. The zero-order valence-corrected chi connectivity index (χ0v) is 8.80. The van der Waals surface area contributed by atoms with E-state index in [1.807, 2.05) is 19.4 Å². The average molecular weight is 205 g/mol. The first-order valence-electron chi connectivity index (χ1n) is 4.98. The SMILES string of the molecule is Cn1cc(Cn2ccc(CCN)c2)nn1. The zero-order chi connectivity index (χ0) is 10.7. The van der Waals surface area contributed by atoms with E-state index in [1.165, 1.54) is 5.56 Å². The average Bonchev–Trinajstić information content (AvgIpc) is 2.78. The number of aromatic nitrogens is 4. The minimum Gasteiger partial charge on any atom is -0.348 e. The van der Waals surface area contributed by atoms with Crippen LogP contribution in [0.25, 0.3) is 0 Å². The number of nitrogens with two attached hydrogens (primary N) is 1. The summed E-state index contributed by atoms with van der Waals surface area (Å²) in [5, 5.41) is 7.92. The molecule has 0 bridgehead atoms. The van der Waals surface area contributed by atoms with Crippen LogP contribution < -0.4 is 5.73 Å². The summed E-state index contributed by atoms with van der Waals surface area (Å²) in [6.45, 7) is 1.45. The smallest absolute Gasteiger partial charge is 0.102 e. The van der Waals surface area contributed by atoms with Crippen LogP contribution in [-0.4, -0.2) is 26.1 Å². The summed E-state index contributed by atoms with van der Waals surface area (Å²) in [6.07, 6.45) is 6.98. The maximum Gasteiger partial charge on any atom is 0.102 e. The van der Waals surface area contributed by atoms with Gasteiger partial charge in [0.2, 0.25) is 0 Å².